The van der Waals surface area contributed by atoms with Crippen LogP contribution in [-0.4, -0.2) is 44.6 Å². The van der Waals surface area contributed by atoms with Gasteiger partial charge in [-0.2, -0.15) is 0 Å². The Morgan fingerprint density at radius 3 is 2.50 bits per heavy atom. The second-order valence-electron chi connectivity index (χ2n) is 6.75. The van der Waals surface area contributed by atoms with Crippen LogP contribution in [0, 0.1) is 16.0 Å². The Morgan fingerprint density at radius 2 is 2.00 bits per heavy atom. The lowest BCUT2D eigenvalue weighted by atomic mass is 9.97. The van der Waals surface area contributed by atoms with Crippen LogP contribution in [0.2, 0.25) is 0 Å². The minimum atomic E-state index is -0.830. The molecule has 132 valence electrons. The van der Waals surface area contributed by atoms with Gasteiger partial charge < -0.3 is 10.0 Å². The molecule has 0 saturated carbocycles. The molecule has 0 atom stereocenters. The summed E-state index contributed by atoms with van der Waals surface area (Å²) in [5.41, 5.74) is 5.20. The number of anilines is 2. The highest BCUT2D eigenvalue weighted by Gasteiger charge is 2.31. The number of hydrogen-bond acceptors (Lipinski definition) is 8. The number of aliphatic carboxylic acids is 1. The fourth-order valence-corrected chi connectivity index (χ4v) is 2.45. The third-order valence-corrected chi connectivity index (χ3v) is 3.69. The van der Waals surface area contributed by atoms with Gasteiger partial charge >= 0.3 is 11.7 Å². The molecular formula is C14H22N6O4. The first-order chi connectivity index (χ1) is 11.2. The highest BCUT2D eigenvalue weighted by Crippen LogP contribution is 2.33. The number of rotatable bonds is 5. The maximum atomic E-state index is 11.5. The molecule has 0 bridgehead atoms. The molecule has 0 unspecified atom stereocenters. The van der Waals surface area contributed by atoms with E-state index in [9.17, 15) is 14.9 Å². The van der Waals surface area contributed by atoms with Crippen LogP contribution in [0.3, 0.4) is 0 Å². The molecule has 10 nitrogen and oxygen atoms in total. The number of aromatic nitrogens is 2. The molecule has 24 heavy (non-hydrogen) atoms. The fourth-order valence-electron chi connectivity index (χ4n) is 2.45. The van der Waals surface area contributed by atoms with E-state index in [1.54, 1.807) is 4.90 Å². The zero-order valence-corrected chi connectivity index (χ0v) is 13.9. The molecule has 1 aliphatic rings. The minimum absolute atomic E-state index is 0.0836. The predicted octanol–water partition coefficient (Wildman–Crippen LogP) is 1.40. The van der Waals surface area contributed by atoms with Crippen LogP contribution in [0.25, 0.3) is 0 Å². The summed E-state index contributed by atoms with van der Waals surface area (Å²) >= 11 is 0. The van der Waals surface area contributed by atoms with Gasteiger partial charge in [0.15, 0.2) is 0 Å². The summed E-state index contributed by atoms with van der Waals surface area (Å²) in [6.07, 6.45) is 2.12. The number of nitrogens with one attached hydrogen (secondary N) is 2. The molecule has 0 aromatic carbocycles. The van der Waals surface area contributed by atoms with Crippen molar-refractivity contribution in [1.29, 1.82) is 0 Å². The molecule has 0 amide bonds. The van der Waals surface area contributed by atoms with Crippen molar-refractivity contribution in [2.45, 2.75) is 39.2 Å². The number of carboxylic acids is 1. The normalized spacial score (nSPS) is 16.0. The Balaban J connectivity index is 2.24. The van der Waals surface area contributed by atoms with Gasteiger partial charge in [0.2, 0.25) is 11.6 Å². The van der Waals surface area contributed by atoms with Gasteiger partial charge in [0, 0.05) is 18.6 Å². The molecule has 0 spiro atoms. The molecule has 3 N–H and O–H groups in total. The SMILES string of the molecule is CC(C)(C)NNc1ncnc(N2CCC(C(=O)O)CC2)c1[N+](=O)[O-]. The maximum absolute atomic E-state index is 11.5. The second-order valence-corrected chi connectivity index (χ2v) is 6.75. The summed E-state index contributed by atoms with van der Waals surface area (Å²) in [5.74, 6) is -0.955. The second kappa shape index (κ2) is 6.95. The first-order valence-corrected chi connectivity index (χ1v) is 7.69. The van der Waals surface area contributed by atoms with Crippen LogP contribution in [0.5, 0.6) is 0 Å². The van der Waals surface area contributed by atoms with Gasteiger partial charge in [-0.3, -0.25) is 20.3 Å². The molecule has 0 aliphatic carbocycles. The Morgan fingerprint density at radius 1 is 1.38 bits per heavy atom. The molecule has 2 heterocycles. The molecule has 0 radical (unpaired) electrons. The van der Waals surface area contributed by atoms with Gasteiger partial charge in [0.05, 0.1) is 10.8 Å². The molecule has 1 fully saturated rings. The standard InChI is InChI=1S/C14H22N6O4/c1-14(2,3)18-17-11-10(20(23)24)12(16-8-15-11)19-6-4-9(5-7-19)13(21)22/h8-9,18H,4-7H2,1-3H3,(H,21,22)(H,15,16,17). The van der Waals surface area contributed by atoms with Crippen LogP contribution < -0.4 is 15.8 Å². The van der Waals surface area contributed by atoms with Crippen molar-refractivity contribution in [2.24, 2.45) is 5.92 Å². The molecule has 2 rings (SSSR count). The van der Waals surface area contributed by atoms with E-state index in [0.29, 0.717) is 25.9 Å². The third-order valence-electron chi connectivity index (χ3n) is 3.69. The van der Waals surface area contributed by atoms with Crippen LogP contribution in [0.15, 0.2) is 6.33 Å². The first kappa shape index (κ1) is 17.9. The molecule has 10 heteroatoms. The van der Waals surface area contributed by atoms with Gasteiger partial charge in [0.1, 0.15) is 6.33 Å². The van der Waals surface area contributed by atoms with Crippen LogP contribution in [-0.2, 0) is 4.79 Å². The summed E-state index contributed by atoms with van der Waals surface area (Å²) in [4.78, 5) is 31.8. The van der Waals surface area contributed by atoms with Gasteiger partial charge in [0.25, 0.3) is 0 Å². The average molecular weight is 338 g/mol. The zero-order valence-electron chi connectivity index (χ0n) is 13.9. The first-order valence-electron chi connectivity index (χ1n) is 7.69. The largest absolute Gasteiger partial charge is 0.481 e. The maximum Gasteiger partial charge on any atom is 0.354 e. The van der Waals surface area contributed by atoms with Crippen molar-refractivity contribution in [1.82, 2.24) is 15.4 Å². The van der Waals surface area contributed by atoms with E-state index in [4.69, 9.17) is 5.11 Å². The summed E-state index contributed by atoms with van der Waals surface area (Å²) < 4.78 is 0. The lowest BCUT2D eigenvalue weighted by Gasteiger charge is -2.30. The van der Waals surface area contributed by atoms with Crippen molar-refractivity contribution in [3.05, 3.63) is 16.4 Å². The van der Waals surface area contributed by atoms with E-state index in [0.717, 1.165) is 0 Å². The minimum Gasteiger partial charge on any atom is -0.481 e. The smallest absolute Gasteiger partial charge is 0.354 e. The van der Waals surface area contributed by atoms with E-state index < -0.39 is 16.8 Å². The number of nitro groups is 1. The molecule has 1 saturated heterocycles. The van der Waals surface area contributed by atoms with E-state index in [2.05, 4.69) is 20.8 Å². The summed E-state index contributed by atoms with van der Waals surface area (Å²) in [6.45, 7) is 6.53. The van der Waals surface area contributed by atoms with E-state index in [-0.39, 0.29) is 22.9 Å². The Labute approximate surface area is 139 Å². The summed E-state index contributed by atoms with van der Waals surface area (Å²) in [7, 11) is 0. The van der Waals surface area contributed by atoms with Gasteiger partial charge in [-0.15, -0.1) is 0 Å². The fraction of sp³-hybridized carbons (Fsp3) is 0.643. The van der Waals surface area contributed by atoms with Crippen molar-refractivity contribution < 1.29 is 14.8 Å². The number of carbonyl (C=O) groups is 1. The average Bonchev–Trinajstić information content (AvgIpc) is 2.51. The number of hydrogen-bond donors (Lipinski definition) is 3. The number of nitrogens with zero attached hydrogens (tertiary/aromatic N) is 4. The Bertz CT molecular complexity index is 622. The molecule has 1 aromatic heterocycles. The van der Waals surface area contributed by atoms with Gasteiger partial charge in [-0.1, -0.05) is 0 Å². The van der Waals surface area contributed by atoms with Crippen molar-refractivity contribution >= 4 is 23.3 Å². The highest BCUT2D eigenvalue weighted by molar-refractivity contribution is 5.72. The molecular weight excluding hydrogens is 316 g/mol. The van der Waals surface area contributed by atoms with Gasteiger partial charge in [-0.25, -0.2) is 15.4 Å². The van der Waals surface area contributed by atoms with E-state index in [1.165, 1.54) is 6.33 Å². The van der Waals surface area contributed by atoms with Crippen LogP contribution >= 0.6 is 0 Å². The molecule has 1 aromatic rings. The quantitative estimate of drug-likeness (QED) is 0.538. The lowest BCUT2D eigenvalue weighted by Crippen LogP contribution is -2.41. The van der Waals surface area contributed by atoms with Crippen LogP contribution in [0.4, 0.5) is 17.3 Å². The topological polar surface area (TPSA) is 134 Å². The molecule has 1 aliphatic heterocycles. The lowest BCUT2D eigenvalue weighted by molar-refractivity contribution is -0.383. The predicted molar refractivity (Wildman–Crippen MR) is 87.8 cm³/mol. The highest BCUT2D eigenvalue weighted by atomic mass is 16.6. The van der Waals surface area contributed by atoms with Crippen LogP contribution in [0.1, 0.15) is 33.6 Å². The number of carboxylic acid groups (broad SMARTS) is 1. The van der Waals surface area contributed by atoms with Crippen molar-refractivity contribution in [2.75, 3.05) is 23.4 Å². The zero-order chi connectivity index (χ0) is 17.9. The van der Waals surface area contributed by atoms with Gasteiger partial charge in [-0.05, 0) is 33.6 Å². The monoisotopic (exact) mass is 338 g/mol. The number of hydrazine groups is 1. The Kier molecular flexibility index (Phi) is 5.17. The Hall–Kier alpha value is -2.49. The van der Waals surface area contributed by atoms with Crippen molar-refractivity contribution in [3.8, 4) is 0 Å². The van der Waals surface area contributed by atoms with Crippen molar-refractivity contribution in [3.63, 3.8) is 0 Å². The third kappa shape index (κ3) is 4.28. The number of piperidine rings is 1. The van der Waals surface area contributed by atoms with E-state index >= 15 is 0 Å². The summed E-state index contributed by atoms with van der Waals surface area (Å²) in [6, 6.07) is 0. The summed E-state index contributed by atoms with van der Waals surface area (Å²) in [5, 5.41) is 20.6. The van der Waals surface area contributed by atoms with E-state index in [1.807, 2.05) is 20.8 Å².